The Morgan fingerprint density at radius 3 is 2.71 bits per heavy atom. The fourth-order valence-electron chi connectivity index (χ4n) is 3.65. The number of phenols is 1. The molecule has 2 heterocycles. The second kappa shape index (κ2) is 6.96. The monoisotopic (exact) mass is 399 g/mol. The number of hydrogen-bond acceptors (Lipinski definition) is 5. The van der Waals surface area contributed by atoms with Crippen LogP contribution >= 0.6 is 11.6 Å². The number of phenolic OH excluding ortho intramolecular Hbond substituents is 1. The molecule has 2 N–H and O–H groups in total. The van der Waals surface area contributed by atoms with Crippen molar-refractivity contribution in [2.75, 3.05) is 13.2 Å². The van der Waals surface area contributed by atoms with E-state index < -0.39 is 11.9 Å². The minimum atomic E-state index is -0.707. The average Bonchev–Trinajstić information content (AvgIpc) is 2.94. The zero-order valence-electron chi connectivity index (χ0n) is 15.1. The van der Waals surface area contributed by atoms with E-state index in [4.69, 9.17) is 16.0 Å². The number of rotatable bonds is 4. The van der Waals surface area contributed by atoms with Gasteiger partial charge in [-0.3, -0.25) is 9.59 Å². The number of aliphatic hydroxyl groups is 1. The van der Waals surface area contributed by atoms with Crippen molar-refractivity contribution in [1.29, 1.82) is 0 Å². The molecule has 6 nitrogen and oxygen atoms in total. The third-order valence-electron chi connectivity index (χ3n) is 4.99. The summed E-state index contributed by atoms with van der Waals surface area (Å²) in [5.41, 5.74) is 1.53. The molecule has 1 amide bonds. The number of amides is 1. The number of nitrogens with zero attached hydrogens (tertiary/aromatic N) is 1. The Morgan fingerprint density at radius 1 is 1.21 bits per heavy atom. The number of aromatic hydroxyl groups is 1. The zero-order chi connectivity index (χ0) is 20.0. The largest absolute Gasteiger partial charge is 0.508 e. The van der Waals surface area contributed by atoms with Crippen molar-refractivity contribution in [3.05, 3.63) is 74.1 Å². The van der Waals surface area contributed by atoms with E-state index in [0.29, 0.717) is 28.0 Å². The molecule has 4 rings (SSSR count). The van der Waals surface area contributed by atoms with Gasteiger partial charge in [0.15, 0.2) is 5.43 Å². The van der Waals surface area contributed by atoms with Crippen LogP contribution in [0.4, 0.5) is 0 Å². The quantitative estimate of drug-likeness (QED) is 0.701. The standard InChI is InChI=1S/C21H18ClNO5/c1-11-8-16-14(10-15(11)22)19(26)17-18(12-4-2-5-13(25)9-12)23(6-3-7-24)21(27)20(17)28-16/h2,4-5,8-10,18,24-25H,3,6-7H2,1H3/t18-/m0/s1. The Labute approximate surface area is 165 Å². The number of benzene rings is 2. The van der Waals surface area contributed by atoms with E-state index in [-0.39, 0.29) is 35.7 Å². The molecule has 2 aromatic carbocycles. The van der Waals surface area contributed by atoms with E-state index in [1.165, 1.54) is 17.0 Å². The first-order valence-electron chi connectivity index (χ1n) is 8.90. The summed E-state index contributed by atoms with van der Waals surface area (Å²) < 4.78 is 5.85. The molecule has 28 heavy (non-hydrogen) atoms. The summed E-state index contributed by atoms with van der Waals surface area (Å²) in [4.78, 5) is 27.8. The van der Waals surface area contributed by atoms with Gasteiger partial charge in [-0.1, -0.05) is 23.7 Å². The molecular weight excluding hydrogens is 382 g/mol. The fraction of sp³-hybridized carbons (Fsp3) is 0.238. The van der Waals surface area contributed by atoms with Gasteiger partial charge in [-0.2, -0.15) is 0 Å². The predicted octanol–water partition coefficient (Wildman–Crippen LogP) is 3.39. The van der Waals surface area contributed by atoms with Crippen molar-refractivity contribution >= 4 is 28.5 Å². The van der Waals surface area contributed by atoms with Crippen molar-refractivity contribution in [2.24, 2.45) is 0 Å². The second-order valence-electron chi connectivity index (χ2n) is 6.84. The molecule has 0 saturated heterocycles. The highest BCUT2D eigenvalue weighted by atomic mass is 35.5. The lowest BCUT2D eigenvalue weighted by molar-refractivity contribution is 0.0716. The van der Waals surface area contributed by atoms with Gasteiger partial charge in [0.05, 0.1) is 17.0 Å². The molecule has 3 aromatic rings. The van der Waals surface area contributed by atoms with Gasteiger partial charge in [0, 0.05) is 18.2 Å². The molecular formula is C21H18ClNO5. The molecule has 0 saturated carbocycles. The van der Waals surface area contributed by atoms with Crippen molar-refractivity contribution in [2.45, 2.75) is 19.4 Å². The van der Waals surface area contributed by atoms with Crippen LogP contribution in [-0.4, -0.2) is 34.2 Å². The number of aliphatic hydroxyl groups excluding tert-OH is 1. The summed E-state index contributed by atoms with van der Waals surface area (Å²) in [5, 5.41) is 19.9. The van der Waals surface area contributed by atoms with E-state index in [0.717, 1.165) is 5.56 Å². The maximum atomic E-state index is 13.3. The first kappa shape index (κ1) is 18.5. The molecule has 0 fully saturated rings. The third kappa shape index (κ3) is 2.85. The maximum absolute atomic E-state index is 13.3. The number of hydrogen-bond donors (Lipinski definition) is 2. The van der Waals surface area contributed by atoms with Crippen LogP contribution < -0.4 is 5.43 Å². The maximum Gasteiger partial charge on any atom is 0.290 e. The smallest absolute Gasteiger partial charge is 0.290 e. The first-order valence-corrected chi connectivity index (χ1v) is 9.27. The highest BCUT2D eigenvalue weighted by Crippen LogP contribution is 2.39. The number of carbonyl (C=O) groups is 1. The lowest BCUT2D eigenvalue weighted by atomic mass is 9.98. The summed E-state index contributed by atoms with van der Waals surface area (Å²) in [6, 6.07) is 8.92. The van der Waals surface area contributed by atoms with Gasteiger partial charge in [-0.25, -0.2) is 0 Å². The first-order chi connectivity index (χ1) is 13.4. The summed E-state index contributed by atoms with van der Waals surface area (Å²) in [7, 11) is 0. The van der Waals surface area contributed by atoms with E-state index in [9.17, 15) is 19.8 Å². The molecule has 1 atom stereocenters. The number of carbonyl (C=O) groups excluding carboxylic acids is 1. The molecule has 1 aromatic heterocycles. The Balaban J connectivity index is 2.00. The second-order valence-corrected chi connectivity index (χ2v) is 7.25. The third-order valence-corrected chi connectivity index (χ3v) is 5.40. The summed E-state index contributed by atoms with van der Waals surface area (Å²) >= 11 is 6.19. The lowest BCUT2D eigenvalue weighted by Gasteiger charge is -2.24. The minimum Gasteiger partial charge on any atom is -0.508 e. The van der Waals surface area contributed by atoms with Crippen LogP contribution in [0.3, 0.4) is 0 Å². The topological polar surface area (TPSA) is 91.0 Å². The van der Waals surface area contributed by atoms with Crippen molar-refractivity contribution in [1.82, 2.24) is 4.90 Å². The SMILES string of the molecule is Cc1cc2oc3c(c(=O)c2cc1Cl)[C@H](c1cccc(O)c1)N(CCCO)C3=O. The van der Waals surface area contributed by atoms with E-state index in [1.54, 1.807) is 31.2 Å². The summed E-state index contributed by atoms with van der Waals surface area (Å²) in [6.07, 6.45) is 0.355. The predicted molar refractivity (Wildman–Crippen MR) is 105 cm³/mol. The number of aryl methyl sites for hydroxylation is 1. The number of fused-ring (bicyclic) bond motifs is 2. The number of halogens is 1. The van der Waals surface area contributed by atoms with Gasteiger partial charge in [0.25, 0.3) is 5.91 Å². The van der Waals surface area contributed by atoms with Crippen molar-refractivity contribution in [3.63, 3.8) is 0 Å². The van der Waals surface area contributed by atoms with Gasteiger partial charge in [0.2, 0.25) is 5.76 Å². The zero-order valence-corrected chi connectivity index (χ0v) is 15.9. The molecule has 0 radical (unpaired) electrons. The highest BCUT2D eigenvalue weighted by molar-refractivity contribution is 6.32. The van der Waals surface area contributed by atoms with E-state index >= 15 is 0 Å². The molecule has 7 heteroatoms. The Morgan fingerprint density at radius 2 is 2.00 bits per heavy atom. The van der Waals surface area contributed by atoms with E-state index in [1.807, 2.05) is 0 Å². The highest BCUT2D eigenvalue weighted by Gasteiger charge is 2.42. The molecule has 1 aliphatic rings. The average molecular weight is 400 g/mol. The van der Waals surface area contributed by atoms with Gasteiger partial charge < -0.3 is 19.5 Å². The van der Waals surface area contributed by atoms with Crippen LogP contribution in [-0.2, 0) is 0 Å². The van der Waals surface area contributed by atoms with Crippen LogP contribution in [0, 0.1) is 6.92 Å². The molecule has 0 aliphatic carbocycles. The van der Waals surface area contributed by atoms with Gasteiger partial charge in [-0.05, 0) is 48.7 Å². The van der Waals surface area contributed by atoms with Crippen LogP contribution in [0.2, 0.25) is 5.02 Å². The molecule has 0 bridgehead atoms. The van der Waals surface area contributed by atoms with Crippen LogP contribution in [0.5, 0.6) is 5.75 Å². The van der Waals surface area contributed by atoms with E-state index in [2.05, 4.69) is 0 Å². The summed E-state index contributed by atoms with van der Waals surface area (Å²) in [5.74, 6) is -0.391. The van der Waals surface area contributed by atoms with Crippen molar-refractivity contribution < 1.29 is 19.4 Å². The van der Waals surface area contributed by atoms with Crippen LogP contribution in [0.1, 0.15) is 39.7 Å². The van der Waals surface area contributed by atoms with Gasteiger partial charge >= 0.3 is 0 Å². The molecule has 0 spiro atoms. The minimum absolute atomic E-state index is 0.00879. The Kier molecular flexibility index (Phi) is 4.61. The van der Waals surface area contributed by atoms with Gasteiger partial charge in [-0.15, -0.1) is 0 Å². The Hall–Kier alpha value is -2.83. The Bertz CT molecular complexity index is 1150. The molecule has 1 aliphatic heterocycles. The summed E-state index contributed by atoms with van der Waals surface area (Å²) in [6.45, 7) is 1.94. The lowest BCUT2D eigenvalue weighted by Crippen LogP contribution is -2.31. The van der Waals surface area contributed by atoms with Gasteiger partial charge in [0.1, 0.15) is 11.3 Å². The normalized spacial score (nSPS) is 16.0. The van der Waals surface area contributed by atoms with Crippen LogP contribution in [0.15, 0.2) is 45.6 Å². The molecule has 144 valence electrons. The fourth-order valence-corrected chi connectivity index (χ4v) is 3.82. The molecule has 0 unspecified atom stereocenters. The van der Waals surface area contributed by atoms with Crippen molar-refractivity contribution in [3.8, 4) is 5.75 Å². The van der Waals surface area contributed by atoms with Crippen LogP contribution in [0.25, 0.3) is 11.0 Å².